The Balaban J connectivity index is 1.39. The highest BCUT2D eigenvalue weighted by atomic mass is 32.2. The van der Waals surface area contributed by atoms with E-state index in [1.165, 1.54) is 24.1 Å². The minimum absolute atomic E-state index is 0.00754. The molecule has 8 heteroatoms. The zero-order valence-corrected chi connectivity index (χ0v) is 18.4. The van der Waals surface area contributed by atoms with Crippen molar-refractivity contribution in [2.75, 3.05) is 25.0 Å². The summed E-state index contributed by atoms with van der Waals surface area (Å²) in [4.78, 5) is 17.6. The van der Waals surface area contributed by atoms with Crippen LogP contribution in [0.2, 0.25) is 0 Å². The van der Waals surface area contributed by atoms with Crippen molar-refractivity contribution in [2.24, 2.45) is 5.14 Å². The van der Waals surface area contributed by atoms with Gasteiger partial charge in [-0.2, -0.15) is 0 Å². The van der Waals surface area contributed by atoms with Crippen LogP contribution in [-0.4, -0.2) is 55.8 Å². The van der Waals surface area contributed by atoms with Crippen molar-refractivity contribution in [1.29, 1.82) is 0 Å². The fourth-order valence-electron chi connectivity index (χ4n) is 4.92. The van der Waals surface area contributed by atoms with Crippen molar-refractivity contribution in [3.8, 4) is 0 Å². The maximum absolute atomic E-state index is 12.7. The van der Waals surface area contributed by atoms with Gasteiger partial charge >= 0.3 is 0 Å². The number of benzene rings is 2. The van der Waals surface area contributed by atoms with Crippen LogP contribution in [0.15, 0.2) is 59.5 Å². The molecular formula is C23H30N4O3S. The van der Waals surface area contributed by atoms with E-state index in [-0.39, 0.29) is 10.8 Å². The maximum atomic E-state index is 12.7. The highest BCUT2D eigenvalue weighted by Crippen LogP contribution is 2.31. The number of primary sulfonamides is 1. The Bertz CT molecular complexity index is 1010. The largest absolute Gasteiger partial charge is 0.325 e. The summed E-state index contributed by atoms with van der Waals surface area (Å²) < 4.78 is 23.1. The molecule has 31 heavy (non-hydrogen) atoms. The number of amides is 1. The molecular weight excluding hydrogens is 412 g/mol. The SMILES string of the molecule is NS(=O)(=O)c1cccc(NC(=O)CN2CCCC2C2CCCN2Cc2ccccc2)c1. The third kappa shape index (κ3) is 5.51. The number of hydrogen-bond donors (Lipinski definition) is 2. The summed E-state index contributed by atoms with van der Waals surface area (Å²) in [6.07, 6.45) is 4.54. The number of nitrogens with two attached hydrogens (primary N) is 1. The number of hydrogen-bond acceptors (Lipinski definition) is 5. The zero-order valence-electron chi connectivity index (χ0n) is 17.6. The third-order valence-electron chi connectivity index (χ3n) is 6.29. The summed E-state index contributed by atoms with van der Waals surface area (Å²) in [5, 5.41) is 8.02. The lowest BCUT2D eigenvalue weighted by Crippen LogP contribution is -2.48. The van der Waals surface area contributed by atoms with Gasteiger partial charge in [-0.15, -0.1) is 0 Å². The van der Waals surface area contributed by atoms with Crippen LogP contribution in [0, 0.1) is 0 Å². The van der Waals surface area contributed by atoms with Crippen molar-refractivity contribution in [1.82, 2.24) is 9.80 Å². The lowest BCUT2D eigenvalue weighted by atomic mass is 10.0. The van der Waals surface area contributed by atoms with Crippen molar-refractivity contribution in [3.05, 3.63) is 60.2 Å². The summed E-state index contributed by atoms with van der Waals surface area (Å²) in [6, 6.07) is 17.4. The van der Waals surface area contributed by atoms with Crippen LogP contribution in [0.3, 0.4) is 0 Å². The van der Waals surface area contributed by atoms with Crippen LogP contribution in [-0.2, 0) is 21.4 Å². The molecule has 2 aromatic rings. The zero-order chi connectivity index (χ0) is 21.8. The van der Waals surface area contributed by atoms with Gasteiger partial charge in [-0.25, -0.2) is 13.6 Å². The molecule has 4 rings (SSSR count). The first-order valence-electron chi connectivity index (χ1n) is 10.8. The van der Waals surface area contributed by atoms with E-state index < -0.39 is 10.0 Å². The minimum Gasteiger partial charge on any atom is -0.325 e. The van der Waals surface area contributed by atoms with Gasteiger partial charge in [-0.3, -0.25) is 14.6 Å². The standard InChI is InChI=1S/C23H30N4O3S/c24-31(29,30)20-10-4-9-19(15-20)25-23(28)17-27-14-6-12-22(27)21-11-5-13-26(21)16-18-7-2-1-3-8-18/h1-4,7-10,15,21-22H,5-6,11-14,16-17H2,(H,25,28)(H2,24,29,30). The number of carbonyl (C=O) groups excluding carboxylic acids is 1. The molecule has 3 N–H and O–H groups in total. The van der Waals surface area contributed by atoms with E-state index in [1.807, 2.05) is 6.07 Å². The molecule has 2 aromatic carbocycles. The van der Waals surface area contributed by atoms with Crippen LogP contribution < -0.4 is 10.5 Å². The molecule has 2 saturated heterocycles. The van der Waals surface area contributed by atoms with E-state index in [0.29, 0.717) is 24.3 Å². The van der Waals surface area contributed by atoms with Crippen molar-refractivity contribution >= 4 is 21.6 Å². The first kappa shape index (κ1) is 22.0. The molecule has 2 heterocycles. The molecule has 0 radical (unpaired) electrons. The quantitative estimate of drug-likeness (QED) is 0.687. The number of carbonyl (C=O) groups is 1. The summed E-state index contributed by atoms with van der Waals surface area (Å²) in [5.74, 6) is -0.133. The molecule has 2 unspecified atom stereocenters. The number of sulfonamides is 1. The van der Waals surface area contributed by atoms with Crippen LogP contribution in [0.5, 0.6) is 0 Å². The van der Waals surface area contributed by atoms with E-state index in [9.17, 15) is 13.2 Å². The van der Waals surface area contributed by atoms with Crippen LogP contribution in [0.25, 0.3) is 0 Å². The van der Waals surface area contributed by atoms with Crippen molar-refractivity contribution < 1.29 is 13.2 Å². The molecule has 0 aliphatic carbocycles. The van der Waals surface area contributed by atoms with Gasteiger partial charge in [0.05, 0.1) is 11.4 Å². The number of likely N-dealkylation sites (tertiary alicyclic amines) is 2. The molecule has 166 valence electrons. The Morgan fingerprint density at radius 3 is 2.35 bits per heavy atom. The van der Waals surface area contributed by atoms with Crippen LogP contribution >= 0.6 is 0 Å². The van der Waals surface area contributed by atoms with Gasteiger partial charge in [0.15, 0.2) is 0 Å². The highest BCUT2D eigenvalue weighted by molar-refractivity contribution is 7.89. The maximum Gasteiger partial charge on any atom is 0.238 e. The van der Waals surface area contributed by atoms with Crippen molar-refractivity contribution in [2.45, 2.75) is 49.2 Å². The molecule has 7 nitrogen and oxygen atoms in total. The smallest absolute Gasteiger partial charge is 0.238 e. The average Bonchev–Trinajstić information content (AvgIpc) is 3.37. The van der Waals surface area contributed by atoms with Crippen molar-refractivity contribution in [3.63, 3.8) is 0 Å². The van der Waals surface area contributed by atoms with Gasteiger partial charge in [0.2, 0.25) is 15.9 Å². The van der Waals surface area contributed by atoms with E-state index in [2.05, 4.69) is 39.4 Å². The van der Waals surface area contributed by atoms with Crippen LogP contribution in [0.4, 0.5) is 5.69 Å². The summed E-state index contributed by atoms with van der Waals surface area (Å²) in [7, 11) is -3.80. The van der Waals surface area contributed by atoms with Gasteiger partial charge < -0.3 is 5.32 Å². The van der Waals surface area contributed by atoms with E-state index in [0.717, 1.165) is 38.9 Å². The Labute approximate surface area is 184 Å². The molecule has 1 amide bonds. The topological polar surface area (TPSA) is 95.7 Å². The van der Waals surface area contributed by atoms with E-state index in [1.54, 1.807) is 12.1 Å². The molecule has 2 aliphatic heterocycles. The number of anilines is 1. The summed E-state index contributed by atoms with van der Waals surface area (Å²) in [6.45, 7) is 3.25. The van der Waals surface area contributed by atoms with E-state index >= 15 is 0 Å². The minimum atomic E-state index is -3.80. The Kier molecular flexibility index (Phi) is 6.71. The first-order chi connectivity index (χ1) is 14.9. The second kappa shape index (κ2) is 9.48. The lowest BCUT2D eigenvalue weighted by Gasteiger charge is -2.34. The summed E-state index contributed by atoms with van der Waals surface area (Å²) >= 11 is 0. The Morgan fingerprint density at radius 1 is 0.968 bits per heavy atom. The fraction of sp³-hybridized carbons (Fsp3) is 0.435. The molecule has 0 saturated carbocycles. The molecule has 0 aromatic heterocycles. The van der Waals surface area contributed by atoms with Crippen LogP contribution in [0.1, 0.15) is 31.2 Å². The Hall–Kier alpha value is -2.26. The fourth-order valence-corrected chi connectivity index (χ4v) is 5.48. The second-order valence-electron chi connectivity index (χ2n) is 8.47. The van der Waals surface area contributed by atoms with E-state index in [4.69, 9.17) is 5.14 Å². The highest BCUT2D eigenvalue weighted by Gasteiger charge is 2.38. The van der Waals surface area contributed by atoms with Gasteiger partial charge in [0.25, 0.3) is 0 Å². The predicted molar refractivity (Wildman–Crippen MR) is 121 cm³/mol. The predicted octanol–water partition coefficient (Wildman–Crippen LogP) is 2.40. The van der Waals surface area contributed by atoms with Gasteiger partial charge in [0.1, 0.15) is 0 Å². The number of rotatable bonds is 7. The van der Waals surface area contributed by atoms with Gasteiger partial charge in [-0.05, 0) is 62.5 Å². The Morgan fingerprint density at radius 2 is 1.65 bits per heavy atom. The molecule has 0 spiro atoms. The lowest BCUT2D eigenvalue weighted by molar-refractivity contribution is -0.117. The van der Waals surface area contributed by atoms with Gasteiger partial charge in [0, 0.05) is 24.3 Å². The number of nitrogens with one attached hydrogen (secondary N) is 1. The average molecular weight is 443 g/mol. The third-order valence-corrected chi connectivity index (χ3v) is 7.21. The molecule has 0 bridgehead atoms. The first-order valence-corrected chi connectivity index (χ1v) is 12.4. The molecule has 2 aliphatic rings. The molecule has 2 atom stereocenters. The number of nitrogens with zero attached hydrogens (tertiary/aromatic N) is 2. The van der Waals surface area contributed by atoms with Gasteiger partial charge in [-0.1, -0.05) is 36.4 Å². The normalized spacial score (nSPS) is 22.6. The molecule has 2 fully saturated rings. The summed E-state index contributed by atoms with van der Waals surface area (Å²) in [5.41, 5.74) is 1.77. The monoisotopic (exact) mass is 442 g/mol. The second-order valence-corrected chi connectivity index (χ2v) is 10.0.